The molecule has 0 spiro atoms. The third-order valence-electron chi connectivity index (χ3n) is 5.24. The number of amides is 2. The molecular formula is C23H20Cl2F3N5O3. The molecular weight excluding hydrogens is 522 g/mol. The highest BCUT2D eigenvalue weighted by Gasteiger charge is 2.32. The van der Waals surface area contributed by atoms with Gasteiger partial charge in [-0.3, -0.25) is 4.98 Å². The van der Waals surface area contributed by atoms with Gasteiger partial charge in [0.25, 0.3) is 0 Å². The third-order valence-corrected chi connectivity index (χ3v) is 5.91. The van der Waals surface area contributed by atoms with Crippen LogP contribution < -0.4 is 25.0 Å². The Morgan fingerprint density at radius 3 is 2.56 bits per heavy atom. The number of hydrogen-bond acceptors (Lipinski definition) is 6. The zero-order valence-electron chi connectivity index (χ0n) is 18.6. The van der Waals surface area contributed by atoms with Crippen LogP contribution in [0.25, 0.3) is 0 Å². The summed E-state index contributed by atoms with van der Waals surface area (Å²) in [6.07, 6.45) is 1.07. The van der Waals surface area contributed by atoms with E-state index < -0.39 is 12.1 Å². The van der Waals surface area contributed by atoms with Gasteiger partial charge < -0.3 is 25.0 Å². The molecule has 8 nitrogen and oxygen atoms in total. The molecule has 0 saturated carbocycles. The molecule has 13 heteroatoms. The van der Waals surface area contributed by atoms with E-state index in [1.54, 1.807) is 24.5 Å². The highest BCUT2D eigenvalue weighted by Crippen LogP contribution is 2.39. The summed E-state index contributed by atoms with van der Waals surface area (Å²) in [7, 11) is 0. The maximum atomic E-state index is 12.6. The number of piperidine rings is 1. The van der Waals surface area contributed by atoms with Crippen LogP contribution in [-0.4, -0.2) is 41.5 Å². The summed E-state index contributed by atoms with van der Waals surface area (Å²) in [5.41, 5.74) is 0.595. The summed E-state index contributed by atoms with van der Waals surface area (Å²) in [5, 5.41) is 5.66. The lowest BCUT2D eigenvalue weighted by molar-refractivity contribution is -0.274. The fourth-order valence-electron chi connectivity index (χ4n) is 3.62. The number of benzene rings is 1. The van der Waals surface area contributed by atoms with Gasteiger partial charge in [0.05, 0.1) is 16.9 Å². The number of aromatic nitrogens is 2. The van der Waals surface area contributed by atoms with Crippen LogP contribution >= 0.6 is 23.2 Å². The standard InChI is InChI=1S/C23H20Cl2F3N5O3/c24-17-4-3-16(12-19(17)36-23(26,27)28)35-18-5-9-30-21(20(18)25)33-10-6-14(7-11-33)31-22(34)32-15-2-1-8-29-13-15/h1-5,8-9,12-14H,6-7,10-11H2,(H2,31,32,34). The second-order valence-electron chi connectivity index (χ2n) is 7.79. The van der Waals surface area contributed by atoms with E-state index in [-0.39, 0.29) is 33.6 Å². The molecule has 190 valence electrons. The van der Waals surface area contributed by atoms with Crippen LogP contribution in [0.2, 0.25) is 10.0 Å². The Kier molecular flexibility index (Phi) is 7.90. The zero-order chi connectivity index (χ0) is 25.7. The lowest BCUT2D eigenvalue weighted by atomic mass is 10.1. The van der Waals surface area contributed by atoms with Crippen molar-refractivity contribution in [2.75, 3.05) is 23.3 Å². The summed E-state index contributed by atoms with van der Waals surface area (Å²) in [6.45, 7) is 1.14. The molecule has 0 bridgehead atoms. The van der Waals surface area contributed by atoms with Crippen molar-refractivity contribution in [1.82, 2.24) is 15.3 Å². The Bertz CT molecular complexity index is 1210. The number of rotatable bonds is 6. The van der Waals surface area contributed by atoms with Gasteiger partial charge in [0.1, 0.15) is 10.8 Å². The molecule has 1 fully saturated rings. The molecule has 2 amide bonds. The van der Waals surface area contributed by atoms with E-state index in [2.05, 4.69) is 25.3 Å². The van der Waals surface area contributed by atoms with Crippen molar-refractivity contribution in [2.24, 2.45) is 0 Å². The number of halogens is 5. The van der Waals surface area contributed by atoms with Crippen LogP contribution in [0.3, 0.4) is 0 Å². The van der Waals surface area contributed by atoms with Crippen molar-refractivity contribution in [3.63, 3.8) is 0 Å². The average molecular weight is 542 g/mol. The van der Waals surface area contributed by atoms with Crippen LogP contribution in [0, 0.1) is 0 Å². The Morgan fingerprint density at radius 2 is 1.86 bits per heavy atom. The van der Waals surface area contributed by atoms with E-state index in [1.165, 1.54) is 24.4 Å². The zero-order valence-corrected chi connectivity index (χ0v) is 20.1. The molecule has 1 aliphatic heterocycles. The van der Waals surface area contributed by atoms with Gasteiger partial charge in [-0.1, -0.05) is 23.2 Å². The van der Waals surface area contributed by atoms with Crippen LogP contribution in [-0.2, 0) is 0 Å². The second kappa shape index (κ2) is 11.1. The summed E-state index contributed by atoms with van der Waals surface area (Å²) < 4.78 is 47.5. The first kappa shape index (κ1) is 25.6. The van der Waals surface area contributed by atoms with Gasteiger partial charge >= 0.3 is 12.4 Å². The number of anilines is 2. The monoisotopic (exact) mass is 541 g/mol. The number of alkyl halides is 3. The predicted octanol–water partition coefficient (Wildman–Crippen LogP) is 6.26. The van der Waals surface area contributed by atoms with E-state index in [4.69, 9.17) is 27.9 Å². The number of nitrogens with one attached hydrogen (secondary N) is 2. The van der Waals surface area contributed by atoms with Crippen LogP contribution in [0.5, 0.6) is 17.2 Å². The maximum absolute atomic E-state index is 12.6. The number of urea groups is 1. The topological polar surface area (TPSA) is 88.6 Å². The van der Waals surface area contributed by atoms with Gasteiger partial charge in [-0.2, -0.15) is 0 Å². The first-order valence-corrected chi connectivity index (χ1v) is 11.5. The van der Waals surface area contributed by atoms with Gasteiger partial charge in [-0.25, -0.2) is 9.78 Å². The van der Waals surface area contributed by atoms with Gasteiger partial charge in [0.15, 0.2) is 17.3 Å². The lowest BCUT2D eigenvalue weighted by Gasteiger charge is -2.33. The van der Waals surface area contributed by atoms with E-state index in [1.807, 2.05) is 4.90 Å². The minimum absolute atomic E-state index is 0.0442. The second-order valence-corrected chi connectivity index (χ2v) is 8.58. The SMILES string of the molecule is O=C(Nc1cccnc1)NC1CCN(c2nccc(Oc3ccc(Cl)c(OC(F)(F)F)c3)c2Cl)CC1. The predicted molar refractivity (Wildman–Crippen MR) is 129 cm³/mol. The van der Waals surface area contributed by atoms with E-state index in [9.17, 15) is 18.0 Å². The number of carbonyl (C=O) groups is 1. The average Bonchev–Trinajstić information content (AvgIpc) is 2.83. The molecule has 4 rings (SSSR count). The third kappa shape index (κ3) is 6.82. The lowest BCUT2D eigenvalue weighted by Crippen LogP contribution is -2.46. The number of ether oxygens (including phenoxy) is 2. The molecule has 3 aromatic rings. The maximum Gasteiger partial charge on any atom is 0.573 e. The van der Waals surface area contributed by atoms with Crippen LogP contribution in [0.1, 0.15) is 12.8 Å². The molecule has 0 unspecified atom stereocenters. The first-order chi connectivity index (χ1) is 17.2. The van der Waals surface area contributed by atoms with Gasteiger partial charge in [0, 0.05) is 43.7 Å². The Labute approximate surface area is 214 Å². The molecule has 36 heavy (non-hydrogen) atoms. The normalized spacial score (nSPS) is 14.3. The van der Waals surface area contributed by atoms with Crippen molar-refractivity contribution in [3.8, 4) is 17.2 Å². The number of hydrogen-bond donors (Lipinski definition) is 2. The summed E-state index contributed by atoms with van der Waals surface area (Å²) >= 11 is 12.3. The largest absolute Gasteiger partial charge is 0.573 e. The highest BCUT2D eigenvalue weighted by molar-refractivity contribution is 6.34. The van der Waals surface area contributed by atoms with E-state index in [0.29, 0.717) is 37.4 Å². The Balaban J connectivity index is 1.37. The van der Waals surface area contributed by atoms with Gasteiger partial charge in [-0.05, 0) is 37.1 Å². The quantitative estimate of drug-likeness (QED) is 0.382. The van der Waals surface area contributed by atoms with E-state index >= 15 is 0 Å². The Hall–Kier alpha value is -3.44. The summed E-state index contributed by atoms with van der Waals surface area (Å²) in [6, 6.07) is 8.27. The number of nitrogens with zero attached hydrogens (tertiary/aromatic N) is 3. The Morgan fingerprint density at radius 1 is 1.08 bits per heavy atom. The molecule has 1 aromatic carbocycles. The smallest absolute Gasteiger partial charge is 0.455 e. The van der Waals surface area contributed by atoms with E-state index in [0.717, 1.165) is 6.07 Å². The van der Waals surface area contributed by atoms with Gasteiger partial charge in [-0.15, -0.1) is 13.2 Å². The molecule has 0 radical (unpaired) electrons. The minimum atomic E-state index is -4.90. The fourth-order valence-corrected chi connectivity index (χ4v) is 4.04. The highest BCUT2D eigenvalue weighted by atomic mass is 35.5. The number of pyridine rings is 2. The van der Waals surface area contributed by atoms with Crippen molar-refractivity contribution in [2.45, 2.75) is 25.2 Å². The molecule has 3 heterocycles. The molecule has 2 N–H and O–H groups in total. The van der Waals surface area contributed by atoms with Crippen molar-refractivity contribution < 1.29 is 27.4 Å². The first-order valence-electron chi connectivity index (χ1n) is 10.8. The molecule has 1 saturated heterocycles. The molecule has 1 aliphatic rings. The summed E-state index contributed by atoms with van der Waals surface area (Å²) in [5.74, 6) is 0.139. The van der Waals surface area contributed by atoms with Gasteiger partial charge in [0.2, 0.25) is 0 Å². The van der Waals surface area contributed by atoms with Crippen molar-refractivity contribution >= 4 is 40.7 Å². The minimum Gasteiger partial charge on any atom is -0.455 e. The molecule has 0 atom stereocenters. The molecule has 0 aliphatic carbocycles. The van der Waals surface area contributed by atoms with Crippen molar-refractivity contribution in [1.29, 1.82) is 0 Å². The van der Waals surface area contributed by atoms with Crippen LogP contribution in [0.15, 0.2) is 55.0 Å². The fraction of sp³-hybridized carbons (Fsp3) is 0.261. The molecule has 2 aromatic heterocycles. The van der Waals surface area contributed by atoms with Crippen molar-refractivity contribution in [3.05, 3.63) is 65.0 Å². The van der Waals surface area contributed by atoms with Crippen LogP contribution in [0.4, 0.5) is 29.5 Å². The summed E-state index contributed by atoms with van der Waals surface area (Å²) in [4.78, 5) is 22.5. The number of carbonyl (C=O) groups excluding carboxylic acids is 1.